The number of hydrogen-bond donors (Lipinski definition) is 2. The van der Waals surface area contributed by atoms with E-state index in [9.17, 15) is 0 Å². The second-order valence-corrected chi connectivity index (χ2v) is 4.87. The molecule has 19 heavy (non-hydrogen) atoms. The molecular formula is C13H15ClN4O. The standard InChI is InChI=1S/C13H15ClN4O/c14-11-7-9(10-8-16-17-13(10)15)1-2-12(11)18-3-5-19-6-4-18/h1-2,7-8H,3-6H2,(H3,15,16,17). The normalized spacial score (nSPS) is 15.7. The fourth-order valence-corrected chi connectivity index (χ4v) is 2.56. The van der Waals surface area contributed by atoms with Gasteiger partial charge in [0, 0.05) is 18.7 Å². The van der Waals surface area contributed by atoms with Gasteiger partial charge >= 0.3 is 0 Å². The first-order chi connectivity index (χ1) is 9.25. The van der Waals surface area contributed by atoms with Gasteiger partial charge in [0.1, 0.15) is 5.82 Å². The third-order valence-electron chi connectivity index (χ3n) is 3.28. The lowest BCUT2D eigenvalue weighted by Crippen LogP contribution is -2.36. The molecule has 1 saturated heterocycles. The zero-order chi connectivity index (χ0) is 13.2. The van der Waals surface area contributed by atoms with Crippen molar-refractivity contribution in [3.05, 3.63) is 29.4 Å². The smallest absolute Gasteiger partial charge is 0.126 e. The lowest BCUT2D eigenvalue weighted by atomic mass is 10.1. The number of anilines is 2. The molecule has 1 aromatic carbocycles. The fraction of sp³-hybridized carbons (Fsp3) is 0.308. The first kappa shape index (κ1) is 12.3. The van der Waals surface area contributed by atoms with Gasteiger partial charge in [-0.25, -0.2) is 0 Å². The molecule has 3 rings (SSSR count). The molecule has 1 fully saturated rings. The van der Waals surface area contributed by atoms with Crippen molar-refractivity contribution in [2.45, 2.75) is 0 Å². The number of benzene rings is 1. The molecular weight excluding hydrogens is 264 g/mol. The largest absolute Gasteiger partial charge is 0.384 e. The number of nitrogens with zero attached hydrogens (tertiary/aromatic N) is 2. The summed E-state index contributed by atoms with van der Waals surface area (Å²) in [7, 11) is 0. The number of aromatic nitrogens is 2. The maximum Gasteiger partial charge on any atom is 0.126 e. The van der Waals surface area contributed by atoms with Crippen molar-refractivity contribution in [2.75, 3.05) is 36.9 Å². The summed E-state index contributed by atoms with van der Waals surface area (Å²) in [6.45, 7) is 3.22. The molecule has 0 unspecified atom stereocenters. The van der Waals surface area contributed by atoms with Crippen LogP contribution in [0.3, 0.4) is 0 Å². The van der Waals surface area contributed by atoms with E-state index >= 15 is 0 Å². The predicted octanol–water partition coefficient (Wildman–Crippen LogP) is 2.15. The summed E-state index contributed by atoms with van der Waals surface area (Å²) in [5.74, 6) is 0.551. The molecule has 0 aliphatic carbocycles. The van der Waals surface area contributed by atoms with Crippen LogP contribution in [0, 0.1) is 0 Å². The Hall–Kier alpha value is -1.72. The van der Waals surface area contributed by atoms with Crippen LogP contribution in [0.2, 0.25) is 5.02 Å². The first-order valence-electron chi connectivity index (χ1n) is 6.17. The van der Waals surface area contributed by atoms with Gasteiger partial charge in [0.25, 0.3) is 0 Å². The van der Waals surface area contributed by atoms with E-state index in [1.54, 1.807) is 6.20 Å². The molecule has 1 aliphatic rings. The highest BCUT2D eigenvalue weighted by Crippen LogP contribution is 2.33. The van der Waals surface area contributed by atoms with Gasteiger partial charge in [0.15, 0.2) is 0 Å². The number of ether oxygens (including phenoxy) is 1. The van der Waals surface area contributed by atoms with Crippen LogP contribution in [0.1, 0.15) is 0 Å². The molecule has 100 valence electrons. The molecule has 0 atom stereocenters. The molecule has 0 amide bonds. The zero-order valence-electron chi connectivity index (χ0n) is 10.4. The van der Waals surface area contributed by atoms with Crippen molar-refractivity contribution in [3.63, 3.8) is 0 Å². The van der Waals surface area contributed by atoms with Crippen LogP contribution in [0.5, 0.6) is 0 Å². The number of nitrogens with two attached hydrogens (primary N) is 1. The lowest BCUT2D eigenvalue weighted by Gasteiger charge is -2.29. The van der Waals surface area contributed by atoms with Crippen molar-refractivity contribution < 1.29 is 4.74 Å². The summed E-state index contributed by atoms with van der Waals surface area (Å²) in [5, 5.41) is 7.36. The van der Waals surface area contributed by atoms with E-state index < -0.39 is 0 Å². The van der Waals surface area contributed by atoms with Crippen LogP contribution in [0.25, 0.3) is 11.1 Å². The summed E-state index contributed by atoms with van der Waals surface area (Å²) < 4.78 is 5.35. The monoisotopic (exact) mass is 278 g/mol. The highest BCUT2D eigenvalue weighted by Gasteiger charge is 2.15. The molecule has 0 radical (unpaired) electrons. The van der Waals surface area contributed by atoms with Crippen LogP contribution in [-0.2, 0) is 4.74 Å². The summed E-state index contributed by atoms with van der Waals surface area (Å²) in [6, 6.07) is 5.96. The zero-order valence-corrected chi connectivity index (χ0v) is 11.2. The molecule has 0 saturated carbocycles. The molecule has 2 aromatic rings. The average molecular weight is 279 g/mol. The number of H-pyrrole nitrogens is 1. The van der Waals surface area contributed by atoms with E-state index in [2.05, 4.69) is 15.1 Å². The third kappa shape index (κ3) is 2.39. The minimum absolute atomic E-state index is 0.551. The Labute approximate surface area is 116 Å². The molecule has 0 bridgehead atoms. The van der Waals surface area contributed by atoms with Gasteiger partial charge in [-0.3, -0.25) is 5.10 Å². The van der Waals surface area contributed by atoms with Gasteiger partial charge < -0.3 is 15.4 Å². The number of hydrogen-bond acceptors (Lipinski definition) is 4. The van der Waals surface area contributed by atoms with Crippen molar-refractivity contribution in [1.82, 2.24) is 10.2 Å². The van der Waals surface area contributed by atoms with Crippen LogP contribution in [0.15, 0.2) is 24.4 Å². The first-order valence-corrected chi connectivity index (χ1v) is 6.55. The summed E-state index contributed by atoms with van der Waals surface area (Å²) in [5.41, 5.74) is 8.69. The van der Waals surface area contributed by atoms with Crippen LogP contribution >= 0.6 is 11.6 Å². The van der Waals surface area contributed by atoms with E-state index in [-0.39, 0.29) is 0 Å². The van der Waals surface area contributed by atoms with Gasteiger partial charge in [0.05, 0.1) is 30.1 Å². The topological polar surface area (TPSA) is 67.2 Å². The second kappa shape index (κ2) is 5.11. The maximum atomic E-state index is 6.38. The summed E-state index contributed by atoms with van der Waals surface area (Å²) in [4.78, 5) is 2.23. The summed E-state index contributed by atoms with van der Waals surface area (Å²) >= 11 is 6.38. The number of halogens is 1. The molecule has 2 heterocycles. The highest BCUT2D eigenvalue weighted by atomic mass is 35.5. The highest BCUT2D eigenvalue weighted by molar-refractivity contribution is 6.33. The Morgan fingerprint density at radius 1 is 1.32 bits per heavy atom. The third-order valence-corrected chi connectivity index (χ3v) is 3.58. The van der Waals surface area contributed by atoms with Gasteiger partial charge in [-0.1, -0.05) is 17.7 Å². The van der Waals surface area contributed by atoms with Crippen molar-refractivity contribution in [3.8, 4) is 11.1 Å². The van der Waals surface area contributed by atoms with Gasteiger partial charge in [-0.15, -0.1) is 0 Å². The Morgan fingerprint density at radius 2 is 2.11 bits per heavy atom. The number of rotatable bonds is 2. The van der Waals surface area contributed by atoms with E-state index in [0.717, 1.165) is 48.1 Å². The maximum absolute atomic E-state index is 6.38. The molecule has 1 aliphatic heterocycles. The Morgan fingerprint density at radius 3 is 2.74 bits per heavy atom. The van der Waals surface area contributed by atoms with E-state index in [1.807, 2.05) is 18.2 Å². The number of aromatic amines is 1. The summed E-state index contributed by atoms with van der Waals surface area (Å²) in [6.07, 6.45) is 1.70. The second-order valence-electron chi connectivity index (χ2n) is 4.46. The molecule has 3 N–H and O–H groups in total. The van der Waals surface area contributed by atoms with E-state index in [0.29, 0.717) is 5.82 Å². The Bertz CT molecular complexity index is 578. The molecule has 5 nitrogen and oxygen atoms in total. The van der Waals surface area contributed by atoms with Crippen LogP contribution < -0.4 is 10.6 Å². The van der Waals surface area contributed by atoms with Crippen LogP contribution in [0.4, 0.5) is 11.5 Å². The van der Waals surface area contributed by atoms with E-state index in [4.69, 9.17) is 22.1 Å². The molecule has 1 aromatic heterocycles. The van der Waals surface area contributed by atoms with Gasteiger partial charge in [-0.2, -0.15) is 5.10 Å². The lowest BCUT2D eigenvalue weighted by molar-refractivity contribution is 0.122. The Kier molecular flexibility index (Phi) is 3.31. The number of morpholine rings is 1. The minimum atomic E-state index is 0.551. The average Bonchev–Trinajstić information content (AvgIpc) is 2.86. The SMILES string of the molecule is Nc1[nH]ncc1-c1ccc(N2CCOCC2)c(Cl)c1. The quantitative estimate of drug-likeness (QED) is 0.883. The molecule has 0 spiro atoms. The van der Waals surface area contributed by atoms with Crippen molar-refractivity contribution in [2.24, 2.45) is 0 Å². The van der Waals surface area contributed by atoms with Gasteiger partial charge in [0.2, 0.25) is 0 Å². The fourth-order valence-electron chi connectivity index (χ4n) is 2.26. The predicted molar refractivity (Wildman–Crippen MR) is 76.5 cm³/mol. The Balaban J connectivity index is 1.91. The molecule has 6 heteroatoms. The van der Waals surface area contributed by atoms with E-state index in [1.165, 1.54) is 0 Å². The van der Waals surface area contributed by atoms with Crippen LogP contribution in [-0.4, -0.2) is 36.5 Å². The minimum Gasteiger partial charge on any atom is -0.384 e. The van der Waals surface area contributed by atoms with Gasteiger partial charge in [-0.05, 0) is 17.7 Å². The van der Waals surface area contributed by atoms with Crippen molar-refractivity contribution in [1.29, 1.82) is 0 Å². The number of nitrogen functional groups attached to an aromatic ring is 1. The number of nitrogens with one attached hydrogen (secondary N) is 1. The van der Waals surface area contributed by atoms with Crippen molar-refractivity contribution >= 4 is 23.1 Å².